The monoisotopic (exact) mass is 371 g/mol. The molecule has 1 heterocycles. The number of aromatic nitrogens is 2. The Hall–Kier alpha value is -2.47. The van der Waals surface area contributed by atoms with Gasteiger partial charge in [0.05, 0.1) is 24.2 Å². The Morgan fingerprint density at radius 3 is 2.83 bits per heavy atom. The number of benzene rings is 2. The molecule has 23 heavy (non-hydrogen) atoms. The van der Waals surface area contributed by atoms with Crippen LogP contribution in [0.25, 0.3) is 10.9 Å². The van der Waals surface area contributed by atoms with Crippen molar-refractivity contribution < 1.29 is 4.74 Å². The zero-order valence-electron chi connectivity index (χ0n) is 12.7. The predicted octanol–water partition coefficient (Wildman–Crippen LogP) is 3.36. The van der Waals surface area contributed by atoms with E-state index in [0.29, 0.717) is 22.5 Å². The van der Waals surface area contributed by atoms with Crippen LogP contribution in [-0.2, 0) is 0 Å². The van der Waals surface area contributed by atoms with Gasteiger partial charge in [-0.1, -0.05) is 28.1 Å². The van der Waals surface area contributed by atoms with E-state index in [0.717, 1.165) is 10.0 Å². The van der Waals surface area contributed by atoms with Gasteiger partial charge in [-0.15, -0.1) is 0 Å². The van der Waals surface area contributed by atoms with Crippen molar-refractivity contribution in [3.05, 3.63) is 68.7 Å². The quantitative estimate of drug-likeness (QED) is 0.663. The second kappa shape index (κ2) is 6.34. The minimum absolute atomic E-state index is 0.208. The van der Waals surface area contributed by atoms with Crippen LogP contribution in [0.3, 0.4) is 0 Å². The molecule has 0 saturated carbocycles. The SMILES string of the molecule is COc1ccccc1C=Nn1c(C)nc2ccc(Br)cc2c1=O. The highest BCUT2D eigenvalue weighted by atomic mass is 79.9. The number of nitrogens with zero attached hydrogens (tertiary/aromatic N) is 3. The molecule has 116 valence electrons. The summed E-state index contributed by atoms with van der Waals surface area (Å²) in [5.41, 5.74) is 1.23. The van der Waals surface area contributed by atoms with Crippen LogP contribution in [0, 0.1) is 6.92 Å². The maximum Gasteiger partial charge on any atom is 0.282 e. The van der Waals surface area contributed by atoms with Crippen molar-refractivity contribution in [1.29, 1.82) is 0 Å². The van der Waals surface area contributed by atoms with Crippen molar-refractivity contribution in [3.8, 4) is 5.75 Å². The van der Waals surface area contributed by atoms with Crippen LogP contribution in [0.15, 0.2) is 56.8 Å². The zero-order valence-corrected chi connectivity index (χ0v) is 14.2. The lowest BCUT2D eigenvalue weighted by molar-refractivity contribution is 0.414. The van der Waals surface area contributed by atoms with Crippen molar-refractivity contribution in [2.24, 2.45) is 5.10 Å². The number of methoxy groups -OCH3 is 1. The summed E-state index contributed by atoms with van der Waals surface area (Å²) in [6.45, 7) is 1.75. The summed E-state index contributed by atoms with van der Waals surface area (Å²) in [5.74, 6) is 1.22. The summed E-state index contributed by atoms with van der Waals surface area (Å²) in [6.07, 6.45) is 1.60. The number of aryl methyl sites for hydroxylation is 1. The molecule has 0 atom stereocenters. The third-order valence-electron chi connectivity index (χ3n) is 3.42. The average Bonchev–Trinajstić information content (AvgIpc) is 2.56. The Morgan fingerprint density at radius 1 is 1.26 bits per heavy atom. The molecule has 5 nitrogen and oxygen atoms in total. The summed E-state index contributed by atoms with van der Waals surface area (Å²) >= 11 is 3.37. The summed E-state index contributed by atoms with van der Waals surface area (Å²) in [5, 5.41) is 4.80. The van der Waals surface area contributed by atoms with Gasteiger partial charge in [0.25, 0.3) is 5.56 Å². The predicted molar refractivity (Wildman–Crippen MR) is 94.4 cm³/mol. The Bertz CT molecular complexity index is 964. The van der Waals surface area contributed by atoms with E-state index in [-0.39, 0.29) is 5.56 Å². The maximum absolute atomic E-state index is 12.6. The van der Waals surface area contributed by atoms with E-state index in [9.17, 15) is 4.79 Å². The Labute approximate surface area is 141 Å². The molecule has 0 spiro atoms. The zero-order chi connectivity index (χ0) is 16.4. The summed E-state index contributed by atoms with van der Waals surface area (Å²) in [6, 6.07) is 12.9. The van der Waals surface area contributed by atoms with Crippen LogP contribution in [0.1, 0.15) is 11.4 Å². The van der Waals surface area contributed by atoms with E-state index < -0.39 is 0 Å². The van der Waals surface area contributed by atoms with E-state index in [1.165, 1.54) is 4.68 Å². The van der Waals surface area contributed by atoms with Crippen LogP contribution >= 0.6 is 15.9 Å². The number of rotatable bonds is 3. The van der Waals surface area contributed by atoms with Gasteiger partial charge < -0.3 is 4.74 Å². The first-order chi connectivity index (χ1) is 11.1. The van der Waals surface area contributed by atoms with Gasteiger partial charge in [-0.25, -0.2) is 4.98 Å². The topological polar surface area (TPSA) is 56.5 Å². The number of para-hydroxylation sites is 1. The third-order valence-corrected chi connectivity index (χ3v) is 3.91. The highest BCUT2D eigenvalue weighted by Gasteiger charge is 2.08. The standard InChI is InChI=1S/C17H14BrN3O2/c1-11-20-15-8-7-13(18)9-14(15)17(22)21(11)19-10-12-5-3-4-6-16(12)23-2/h3-10H,1-2H3. The second-order valence-electron chi connectivity index (χ2n) is 4.92. The fraction of sp³-hybridized carbons (Fsp3) is 0.118. The maximum atomic E-state index is 12.6. The normalized spacial score (nSPS) is 11.3. The fourth-order valence-corrected chi connectivity index (χ4v) is 2.65. The molecule has 0 aliphatic carbocycles. The number of hydrogen-bond donors (Lipinski definition) is 0. The molecule has 0 saturated heterocycles. The summed E-state index contributed by atoms with van der Waals surface area (Å²) < 4.78 is 7.40. The van der Waals surface area contributed by atoms with Gasteiger partial charge in [0.2, 0.25) is 0 Å². The molecule has 6 heteroatoms. The van der Waals surface area contributed by atoms with Crippen LogP contribution in [0.2, 0.25) is 0 Å². The molecule has 0 radical (unpaired) electrons. The second-order valence-corrected chi connectivity index (χ2v) is 5.84. The Morgan fingerprint density at radius 2 is 2.04 bits per heavy atom. The first-order valence-corrected chi connectivity index (χ1v) is 7.76. The third kappa shape index (κ3) is 3.03. The summed E-state index contributed by atoms with van der Waals surface area (Å²) in [4.78, 5) is 17.1. The molecule has 0 bridgehead atoms. The van der Waals surface area contributed by atoms with Crippen LogP contribution < -0.4 is 10.3 Å². The van der Waals surface area contributed by atoms with Crippen molar-refractivity contribution in [3.63, 3.8) is 0 Å². The van der Waals surface area contributed by atoms with Crippen molar-refractivity contribution in [1.82, 2.24) is 9.66 Å². The molecule has 0 amide bonds. The van der Waals surface area contributed by atoms with Crippen molar-refractivity contribution in [2.75, 3.05) is 7.11 Å². The molecular formula is C17H14BrN3O2. The minimum Gasteiger partial charge on any atom is -0.496 e. The first-order valence-electron chi connectivity index (χ1n) is 6.96. The van der Waals surface area contributed by atoms with E-state index in [2.05, 4.69) is 26.0 Å². The number of halogens is 1. The Kier molecular flexibility index (Phi) is 4.25. The van der Waals surface area contributed by atoms with E-state index in [1.807, 2.05) is 36.4 Å². The molecule has 1 aromatic heterocycles. The lowest BCUT2D eigenvalue weighted by atomic mass is 10.2. The molecule has 3 rings (SSSR count). The molecule has 2 aromatic carbocycles. The lowest BCUT2D eigenvalue weighted by Gasteiger charge is -2.07. The first kappa shape index (κ1) is 15.4. The van der Waals surface area contributed by atoms with Gasteiger partial charge in [-0.05, 0) is 37.3 Å². The van der Waals surface area contributed by atoms with Gasteiger partial charge in [0.1, 0.15) is 11.6 Å². The van der Waals surface area contributed by atoms with Gasteiger partial charge in [-0.2, -0.15) is 9.78 Å². The van der Waals surface area contributed by atoms with Crippen molar-refractivity contribution >= 4 is 33.0 Å². The van der Waals surface area contributed by atoms with E-state index in [4.69, 9.17) is 4.74 Å². The molecule has 3 aromatic rings. The van der Waals surface area contributed by atoms with Gasteiger partial charge in [-0.3, -0.25) is 4.79 Å². The van der Waals surface area contributed by atoms with Crippen LogP contribution in [0.4, 0.5) is 0 Å². The Balaban J connectivity index is 2.13. The smallest absolute Gasteiger partial charge is 0.282 e. The van der Waals surface area contributed by atoms with E-state index in [1.54, 1.807) is 26.3 Å². The molecule has 0 aliphatic rings. The highest BCUT2D eigenvalue weighted by Crippen LogP contribution is 2.17. The molecular weight excluding hydrogens is 358 g/mol. The lowest BCUT2D eigenvalue weighted by Crippen LogP contribution is -2.20. The molecule has 0 N–H and O–H groups in total. The number of fused-ring (bicyclic) bond motifs is 1. The summed E-state index contributed by atoms with van der Waals surface area (Å²) in [7, 11) is 1.60. The largest absolute Gasteiger partial charge is 0.496 e. The highest BCUT2D eigenvalue weighted by molar-refractivity contribution is 9.10. The molecule has 0 fully saturated rings. The van der Waals surface area contributed by atoms with Gasteiger partial charge >= 0.3 is 0 Å². The fourth-order valence-electron chi connectivity index (χ4n) is 2.29. The average molecular weight is 372 g/mol. The van der Waals surface area contributed by atoms with Crippen molar-refractivity contribution in [2.45, 2.75) is 6.92 Å². The van der Waals surface area contributed by atoms with Crippen LogP contribution in [-0.4, -0.2) is 23.0 Å². The molecule has 0 aliphatic heterocycles. The van der Waals surface area contributed by atoms with Crippen LogP contribution in [0.5, 0.6) is 5.75 Å². The minimum atomic E-state index is -0.208. The number of hydrogen-bond acceptors (Lipinski definition) is 4. The van der Waals surface area contributed by atoms with E-state index >= 15 is 0 Å². The van der Waals surface area contributed by atoms with Gasteiger partial charge in [0.15, 0.2) is 0 Å². The van der Waals surface area contributed by atoms with Gasteiger partial charge in [0, 0.05) is 10.0 Å². The molecule has 0 unspecified atom stereocenters. The number of ether oxygens (including phenoxy) is 1.